The van der Waals surface area contributed by atoms with Gasteiger partial charge in [-0.2, -0.15) is 4.37 Å². The predicted octanol–water partition coefficient (Wildman–Crippen LogP) is 2.71. The molecule has 1 fully saturated rings. The fourth-order valence-electron chi connectivity index (χ4n) is 2.72. The molecule has 4 N–H and O–H groups in total. The van der Waals surface area contributed by atoms with E-state index in [1.807, 2.05) is 13.8 Å². The Morgan fingerprint density at radius 2 is 2.25 bits per heavy atom. The summed E-state index contributed by atoms with van der Waals surface area (Å²) in [5, 5.41) is 7.03. The van der Waals surface area contributed by atoms with E-state index in [1.54, 1.807) is 0 Å². The van der Waals surface area contributed by atoms with Crippen LogP contribution in [0, 0.1) is 11.8 Å². The van der Waals surface area contributed by atoms with Crippen LogP contribution in [0.1, 0.15) is 50.4 Å². The first-order valence-corrected chi connectivity index (χ1v) is 8.04. The van der Waals surface area contributed by atoms with Gasteiger partial charge in [-0.15, -0.1) is 0 Å². The smallest absolute Gasteiger partial charge is 0.258 e. The molecular weight excluding hydrogens is 272 g/mol. The van der Waals surface area contributed by atoms with Gasteiger partial charge in [0.15, 0.2) is 5.82 Å². The molecule has 0 radical (unpaired) electrons. The Morgan fingerprint density at radius 3 is 2.85 bits per heavy atom. The van der Waals surface area contributed by atoms with Crippen molar-refractivity contribution >= 4 is 28.3 Å². The van der Waals surface area contributed by atoms with Crippen LogP contribution < -0.4 is 16.4 Å². The topological polar surface area (TPSA) is 80.0 Å². The molecule has 0 aliphatic heterocycles. The van der Waals surface area contributed by atoms with Crippen LogP contribution in [0.15, 0.2) is 0 Å². The second-order valence-corrected chi connectivity index (χ2v) is 6.84. The summed E-state index contributed by atoms with van der Waals surface area (Å²) in [6.45, 7) is 7.06. The molecule has 5 nitrogen and oxygen atoms in total. The zero-order chi connectivity index (χ0) is 14.7. The highest BCUT2D eigenvalue weighted by Gasteiger charge is 2.23. The highest BCUT2D eigenvalue weighted by molar-refractivity contribution is 7.11. The van der Waals surface area contributed by atoms with E-state index in [-0.39, 0.29) is 11.9 Å². The third-order valence-corrected chi connectivity index (χ3v) is 4.54. The summed E-state index contributed by atoms with van der Waals surface area (Å²) in [6, 6.07) is 0.0883. The molecule has 1 saturated carbocycles. The molecule has 0 spiro atoms. The number of rotatable bonds is 5. The Bertz CT molecular complexity index is 472. The second kappa shape index (κ2) is 6.43. The van der Waals surface area contributed by atoms with Gasteiger partial charge in [0.25, 0.3) is 5.91 Å². The lowest BCUT2D eigenvalue weighted by molar-refractivity contribution is 0.0945. The van der Waals surface area contributed by atoms with Crippen molar-refractivity contribution in [3.05, 3.63) is 5.56 Å². The number of nitrogens with one attached hydrogen (secondary N) is 2. The normalized spacial score (nSPS) is 22.2. The molecule has 1 aliphatic rings. The minimum Gasteiger partial charge on any atom is -0.382 e. The Hall–Kier alpha value is -1.30. The van der Waals surface area contributed by atoms with Crippen molar-refractivity contribution in [1.29, 1.82) is 0 Å². The molecule has 2 rings (SSSR count). The third kappa shape index (κ3) is 3.62. The third-order valence-electron chi connectivity index (χ3n) is 3.72. The van der Waals surface area contributed by atoms with Crippen LogP contribution in [0.25, 0.3) is 0 Å². The van der Waals surface area contributed by atoms with Crippen LogP contribution in [0.3, 0.4) is 0 Å². The van der Waals surface area contributed by atoms with Gasteiger partial charge in [0.2, 0.25) is 0 Å². The molecule has 6 heteroatoms. The fraction of sp³-hybridized carbons (Fsp3) is 0.714. The maximum absolute atomic E-state index is 12.1. The molecule has 112 valence electrons. The van der Waals surface area contributed by atoms with E-state index in [0.717, 1.165) is 17.5 Å². The van der Waals surface area contributed by atoms with Crippen molar-refractivity contribution in [3.8, 4) is 0 Å². The number of nitrogens with zero attached hydrogens (tertiary/aromatic N) is 1. The summed E-state index contributed by atoms with van der Waals surface area (Å²) in [5.41, 5.74) is 6.32. The van der Waals surface area contributed by atoms with E-state index in [0.29, 0.717) is 17.3 Å². The van der Waals surface area contributed by atoms with Crippen molar-refractivity contribution in [2.45, 2.75) is 46.1 Å². The number of carbonyl (C=O) groups excluding carboxylic acids is 1. The maximum atomic E-state index is 12.1. The van der Waals surface area contributed by atoms with Gasteiger partial charge in [-0.25, -0.2) is 0 Å². The highest BCUT2D eigenvalue weighted by atomic mass is 32.1. The van der Waals surface area contributed by atoms with Gasteiger partial charge in [-0.3, -0.25) is 4.79 Å². The molecule has 2 atom stereocenters. The number of aromatic nitrogens is 1. The van der Waals surface area contributed by atoms with Crippen LogP contribution >= 0.6 is 11.5 Å². The monoisotopic (exact) mass is 296 g/mol. The van der Waals surface area contributed by atoms with E-state index >= 15 is 0 Å². The summed E-state index contributed by atoms with van der Waals surface area (Å²) in [5.74, 6) is 1.68. The standard InChI is InChI=1S/C14H24N4OS/c1-8(2)17-13(19)11-12(15)18-20-14(11)16-7-10-5-4-9(3)6-10/h8-10,16H,4-7H2,1-3H3,(H2,15,18)(H,17,19). The average Bonchev–Trinajstić information content (AvgIpc) is 2.92. The van der Waals surface area contributed by atoms with E-state index in [2.05, 4.69) is 21.9 Å². The zero-order valence-corrected chi connectivity index (χ0v) is 13.2. The predicted molar refractivity (Wildman–Crippen MR) is 84.1 cm³/mol. The summed E-state index contributed by atoms with van der Waals surface area (Å²) in [4.78, 5) is 12.1. The van der Waals surface area contributed by atoms with Crippen LogP contribution in [0.4, 0.5) is 10.8 Å². The maximum Gasteiger partial charge on any atom is 0.258 e. The lowest BCUT2D eigenvalue weighted by atomic mass is 10.1. The summed E-state index contributed by atoms with van der Waals surface area (Å²) >= 11 is 1.27. The Labute approximate surface area is 124 Å². The van der Waals surface area contributed by atoms with Gasteiger partial charge >= 0.3 is 0 Å². The van der Waals surface area contributed by atoms with Crippen molar-refractivity contribution in [3.63, 3.8) is 0 Å². The SMILES string of the molecule is CC1CCC(CNc2snc(N)c2C(=O)NC(C)C)C1. The number of anilines is 2. The lowest BCUT2D eigenvalue weighted by Crippen LogP contribution is -2.31. The number of nitrogens with two attached hydrogens (primary N) is 1. The molecular formula is C14H24N4OS. The molecule has 1 aliphatic carbocycles. The first-order chi connectivity index (χ1) is 9.47. The highest BCUT2D eigenvalue weighted by Crippen LogP contribution is 2.32. The Kier molecular flexibility index (Phi) is 4.86. The Morgan fingerprint density at radius 1 is 1.50 bits per heavy atom. The van der Waals surface area contributed by atoms with Crippen molar-refractivity contribution < 1.29 is 4.79 Å². The first-order valence-electron chi connectivity index (χ1n) is 7.27. The average molecular weight is 296 g/mol. The van der Waals surface area contributed by atoms with Crippen molar-refractivity contribution in [2.75, 3.05) is 17.6 Å². The fourth-order valence-corrected chi connectivity index (χ4v) is 3.44. The van der Waals surface area contributed by atoms with Crippen LogP contribution in [0.2, 0.25) is 0 Å². The van der Waals surface area contributed by atoms with Gasteiger partial charge < -0.3 is 16.4 Å². The number of amides is 1. The number of hydrogen-bond acceptors (Lipinski definition) is 5. The quantitative estimate of drug-likeness (QED) is 0.780. The number of nitrogen functional groups attached to an aromatic ring is 1. The minimum absolute atomic E-state index is 0.0883. The van der Waals surface area contributed by atoms with Gasteiger partial charge in [0.05, 0.1) is 0 Å². The van der Waals surface area contributed by atoms with Crippen molar-refractivity contribution in [1.82, 2.24) is 9.69 Å². The molecule has 0 bridgehead atoms. The molecule has 1 aromatic rings. The van der Waals surface area contributed by atoms with Gasteiger partial charge in [-0.05, 0) is 50.1 Å². The number of carbonyl (C=O) groups is 1. The molecule has 1 heterocycles. The van der Waals surface area contributed by atoms with Gasteiger partial charge in [-0.1, -0.05) is 13.3 Å². The summed E-state index contributed by atoms with van der Waals surface area (Å²) < 4.78 is 4.10. The van der Waals surface area contributed by atoms with E-state index < -0.39 is 0 Å². The van der Waals surface area contributed by atoms with E-state index in [4.69, 9.17) is 5.73 Å². The number of hydrogen-bond donors (Lipinski definition) is 3. The van der Waals surface area contributed by atoms with Crippen LogP contribution in [-0.2, 0) is 0 Å². The minimum atomic E-state index is -0.145. The second-order valence-electron chi connectivity index (χ2n) is 6.07. The lowest BCUT2D eigenvalue weighted by Gasteiger charge is -2.13. The molecule has 2 unspecified atom stereocenters. The van der Waals surface area contributed by atoms with Crippen LogP contribution in [-0.4, -0.2) is 22.9 Å². The van der Waals surface area contributed by atoms with Gasteiger partial charge in [0, 0.05) is 12.6 Å². The zero-order valence-electron chi connectivity index (χ0n) is 12.4. The van der Waals surface area contributed by atoms with Crippen LogP contribution in [0.5, 0.6) is 0 Å². The first kappa shape index (κ1) is 15.1. The molecule has 0 aromatic carbocycles. The van der Waals surface area contributed by atoms with E-state index in [9.17, 15) is 4.79 Å². The Balaban J connectivity index is 1.99. The molecule has 1 amide bonds. The molecule has 1 aromatic heterocycles. The van der Waals surface area contributed by atoms with Gasteiger partial charge in [0.1, 0.15) is 10.6 Å². The molecule has 0 saturated heterocycles. The summed E-state index contributed by atoms with van der Waals surface area (Å²) in [6.07, 6.45) is 3.82. The largest absolute Gasteiger partial charge is 0.382 e. The molecule has 20 heavy (non-hydrogen) atoms. The van der Waals surface area contributed by atoms with E-state index in [1.165, 1.54) is 30.8 Å². The summed E-state index contributed by atoms with van der Waals surface area (Å²) in [7, 11) is 0. The van der Waals surface area contributed by atoms with Crippen molar-refractivity contribution in [2.24, 2.45) is 11.8 Å².